The number of rotatable bonds is 5. The second-order valence-corrected chi connectivity index (χ2v) is 7.38. The Balaban J connectivity index is 2.19. The SMILES string of the molecule is CC(C)=CC(CC(C)(C)c1ccccc1)N1CCCC(=O)C1. The highest BCUT2D eigenvalue weighted by Gasteiger charge is 2.29. The number of allylic oxidation sites excluding steroid dienone is 1. The number of Topliss-reactive ketones (excluding diaryl/α,β-unsaturated/α-hetero) is 1. The van der Waals surface area contributed by atoms with Crippen molar-refractivity contribution in [3.8, 4) is 0 Å². The summed E-state index contributed by atoms with van der Waals surface area (Å²) < 4.78 is 0. The fraction of sp³-hybridized carbons (Fsp3) is 0.550. The van der Waals surface area contributed by atoms with Crippen LogP contribution < -0.4 is 0 Å². The van der Waals surface area contributed by atoms with Crippen molar-refractivity contribution < 1.29 is 4.79 Å². The number of likely N-dealkylation sites (tertiary alicyclic amines) is 1. The van der Waals surface area contributed by atoms with Gasteiger partial charge in [0.15, 0.2) is 0 Å². The maximum Gasteiger partial charge on any atom is 0.146 e. The summed E-state index contributed by atoms with van der Waals surface area (Å²) in [4.78, 5) is 14.2. The number of nitrogens with zero attached hydrogens (tertiary/aromatic N) is 1. The van der Waals surface area contributed by atoms with Crippen LogP contribution in [0.25, 0.3) is 0 Å². The van der Waals surface area contributed by atoms with Gasteiger partial charge in [-0.3, -0.25) is 9.69 Å². The molecular formula is C20H29NO. The van der Waals surface area contributed by atoms with E-state index in [2.05, 4.69) is 69.0 Å². The first-order valence-corrected chi connectivity index (χ1v) is 8.35. The van der Waals surface area contributed by atoms with Gasteiger partial charge in [-0.25, -0.2) is 0 Å². The lowest BCUT2D eigenvalue weighted by Crippen LogP contribution is -2.44. The van der Waals surface area contributed by atoms with Crippen molar-refractivity contribution in [1.29, 1.82) is 0 Å². The molecule has 1 atom stereocenters. The lowest BCUT2D eigenvalue weighted by Gasteiger charge is -2.37. The van der Waals surface area contributed by atoms with E-state index in [0.29, 0.717) is 18.4 Å². The van der Waals surface area contributed by atoms with Gasteiger partial charge in [0.05, 0.1) is 6.54 Å². The molecule has 1 aromatic rings. The predicted molar refractivity (Wildman–Crippen MR) is 93.1 cm³/mol. The number of carbonyl (C=O) groups excluding carboxylic acids is 1. The zero-order valence-corrected chi connectivity index (χ0v) is 14.4. The van der Waals surface area contributed by atoms with Crippen LogP contribution in [0.4, 0.5) is 0 Å². The summed E-state index contributed by atoms with van der Waals surface area (Å²) in [7, 11) is 0. The summed E-state index contributed by atoms with van der Waals surface area (Å²) in [5.41, 5.74) is 2.79. The minimum Gasteiger partial charge on any atom is -0.298 e. The molecule has 0 radical (unpaired) electrons. The van der Waals surface area contributed by atoms with E-state index in [4.69, 9.17) is 0 Å². The smallest absolute Gasteiger partial charge is 0.146 e. The first kappa shape index (κ1) is 17.0. The van der Waals surface area contributed by atoms with Crippen molar-refractivity contribution in [3.05, 3.63) is 47.5 Å². The normalized spacial score (nSPS) is 18.1. The van der Waals surface area contributed by atoms with Crippen LogP contribution in [0.3, 0.4) is 0 Å². The lowest BCUT2D eigenvalue weighted by molar-refractivity contribution is -0.122. The van der Waals surface area contributed by atoms with E-state index < -0.39 is 0 Å². The molecule has 0 aromatic heterocycles. The molecule has 0 spiro atoms. The molecule has 2 heteroatoms. The highest BCUT2D eigenvalue weighted by Crippen LogP contribution is 2.31. The van der Waals surface area contributed by atoms with E-state index >= 15 is 0 Å². The summed E-state index contributed by atoms with van der Waals surface area (Å²) >= 11 is 0. The molecular weight excluding hydrogens is 270 g/mol. The van der Waals surface area contributed by atoms with Crippen molar-refractivity contribution in [3.63, 3.8) is 0 Å². The number of piperidine rings is 1. The van der Waals surface area contributed by atoms with Crippen molar-refractivity contribution >= 4 is 5.78 Å². The van der Waals surface area contributed by atoms with Crippen LogP contribution in [0.15, 0.2) is 42.0 Å². The van der Waals surface area contributed by atoms with Gasteiger partial charge in [0.25, 0.3) is 0 Å². The van der Waals surface area contributed by atoms with Crippen LogP contribution in [-0.2, 0) is 10.2 Å². The van der Waals surface area contributed by atoms with Gasteiger partial charge in [0.1, 0.15) is 5.78 Å². The third-order valence-electron chi connectivity index (χ3n) is 4.55. The second-order valence-electron chi connectivity index (χ2n) is 7.38. The van der Waals surface area contributed by atoms with Gasteiger partial charge < -0.3 is 0 Å². The van der Waals surface area contributed by atoms with Crippen molar-refractivity contribution in [2.24, 2.45) is 0 Å². The molecule has 22 heavy (non-hydrogen) atoms. The minimum absolute atomic E-state index is 0.0956. The van der Waals surface area contributed by atoms with Gasteiger partial charge >= 0.3 is 0 Å². The molecule has 1 aromatic carbocycles. The Bertz CT molecular complexity index is 526. The Labute approximate surface area is 135 Å². The summed E-state index contributed by atoms with van der Waals surface area (Å²) in [5.74, 6) is 0.385. The second kappa shape index (κ2) is 7.23. The van der Waals surface area contributed by atoms with E-state index in [9.17, 15) is 4.79 Å². The number of benzene rings is 1. The van der Waals surface area contributed by atoms with Crippen molar-refractivity contribution in [2.75, 3.05) is 13.1 Å². The fourth-order valence-corrected chi connectivity index (χ4v) is 3.36. The number of hydrogen-bond acceptors (Lipinski definition) is 2. The van der Waals surface area contributed by atoms with Gasteiger partial charge in [0, 0.05) is 12.5 Å². The first-order valence-electron chi connectivity index (χ1n) is 8.35. The highest BCUT2D eigenvalue weighted by atomic mass is 16.1. The van der Waals surface area contributed by atoms with Crippen molar-refractivity contribution in [1.82, 2.24) is 4.90 Å². The molecule has 1 unspecified atom stereocenters. The van der Waals surface area contributed by atoms with Gasteiger partial charge in [0.2, 0.25) is 0 Å². The molecule has 1 saturated heterocycles. The van der Waals surface area contributed by atoms with E-state index in [0.717, 1.165) is 25.8 Å². The largest absolute Gasteiger partial charge is 0.298 e. The minimum atomic E-state index is 0.0956. The van der Waals surface area contributed by atoms with Gasteiger partial charge in [-0.2, -0.15) is 0 Å². The monoisotopic (exact) mass is 299 g/mol. The third-order valence-corrected chi connectivity index (χ3v) is 4.55. The summed E-state index contributed by atoms with van der Waals surface area (Å²) in [5, 5.41) is 0. The van der Waals surface area contributed by atoms with E-state index in [1.165, 1.54) is 11.1 Å². The average molecular weight is 299 g/mol. The Hall–Kier alpha value is -1.41. The maximum atomic E-state index is 11.8. The zero-order valence-electron chi connectivity index (χ0n) is 14.4. The topological polar surface area (TPSA) is 20.3 Å². The van der Waals surface area contributed by atoms with Crippen molar-refractivity contribution in [2.45, 2.75) is 58.4 Å². The van der Waals surface area contributed by atoms with Crippen LogP contribution in [0, 0.1) is 0 Å². The number of ketones is 1. The van der Waals surface area contributed by atoms with Crippen LogP contribution in [0.2, 0.25) is 0 Å². The fourth-order valence-electron chi connectivity index (χ4n) is 3.36. The molecule has 1 aliphatic heterocycles. The van der Waals surface area contributed by atoms with Crippen LogP contribution in [0.1, 0.15) is 52.5 Å². The van der Waals surface area contributed by atoms with Gasteiger partial charge in [-0.1, -0.05) is 55.8 Å². The molecule has 1 aliphatic rings. The summed E-state index contributed by atoms with van der Waals surface area (Å²) in [6, 6.07) is 11.0. The van der Waals surface area contributed by atoms with Crippen LogP contribution in [0.5, 0.6) is 0 Å². The molecule has 0 bridgehead atoms. The van der Waals surface area contributed by atoms with E-state index in [1.54, 1.807) is 0 Å². The molecule has 2 nitrogen and oxygen atoms in total. The lowest BCUT2D eigenvalue weighted by atomic mass is 9.78. The molecule has 120 valence electrons. The molecule has 0 amide bonds. The standard InChI is InChI=1S/C20H29NO/c1-16(2)13-18(21-12-8-11-19(22)15-21)14-20(3,4)17-9-6-5-7-10-17/h5-7,9-10,13,18H,8,11-12,14-15H2,1-4H3. The number of hydrogen-bond donors (Lipinski definition) is 0. The maximum absolute atomic E-state index is 11.8. The van der Waals surface area contributed by atoms with Crippen LogP contribution in [-0.4, -0.2) is 29.8 Å². The summed E-state index contributed by atoms with van der Waals surface area (Å²) in [6.45, 7) is 10.5. The molecule has 0 aliphatic carbocycles. The third kappa shape index (κ3) is 4.54. The van der Waals surface area contributed by atoms with Gasteiger partial charge in [-0.15, -0.1) is 0 Å². The molecule has 0 N–H and O–H groups in total. The first-order chi connectivity index (χ1) is 10.4. The van der Waals surface area contributed by atoms with Gasteiger partial charge in [-0.05, 0) is 44.2 Å². The molecule has 2 rings (SSSR count). The zero-order chi connectivity index (χ0) is 16.2. The number of carbonyl (C=O) groups is 1. The van der Waals surface area contributed by atoms with Crippen LogP contribution >= 0.6 is 0 Å². The Morgan fingerprint density at radius 1 is 1.27 bits per heavy atom. The molecule has 1 heterocycles. The molecule has 1 fully saturated rings. The summed E-state index contributed by atoms with van der Waals surface area (Å²) in [6.07, 6.45) is 5.12. The van der Waals surface area contributed by atoms with E-state index in [1.807, 2.05) is 0 Å². The quantitative estimate of drug-likeness (QED) is 0.753. The highest BCUT2D eigenvalue weighted by molar-refractivity contribution is 5.81. The van der Waals surface area contributed by atoms with E-state index in [-0.39, 0.29) is 5.41 Å². The average Bonchev–Trinajstić information content (AvgIpc) is 2.47. The molecule has 0 saturated carbocycles. The Kier molecular flexibility index (Phi) is 5.57. The Morgan fingerprint density at radius 2 is 1.95 bits per heavy atom. The predicted octanol–water partition coefficient (Wildman–Crippen LogP) is 4.35. The Morgan fingerprint density at radius 3 is 2.55 bits per heavy atom.